The lowest BCUT2D eigenvalue weighted by Crippen LogP contribution is -2.06. The summed E-state index contributed by atoms with van der Waals surface area (Å²) in [6, 6.07) is 99.2. The second-order valence-electron chi connectivity index (χ2n) is 34.3. The molecular formula is C124H120. The second kappa shape index (κ2) is 44.9. The van der Waals surface area contributed by atoms with Crippen LogP contribution < -0.4 is 0 Å². The molecule has 1 atom stereocenters. The third-order valence-corrected chi connectivity index (χ3v) is 25.8. The Balaban J connectivity index is 0.000000100. The molecule has 0 aromatic heterocycles. The van der Waals surface area contributed by atoms with Crippen LogP contribution in [-0.4, -0.2) is 0 Å². The summed E-state index contributed by atoms with van der Waals surface area (Å²) < 4.78 is 0. The highest BCUT2D eigenvalue weighted by molar-refractivity contribution is 5.82. The van der Waals surface area contributed by atoms with E-state index in [-0.39, 0.29) is 0 Å². The maximum Gasteiger partial charge on any atom is 0.0166 e. The molecule has 0 saturated heterocycles. The molecule has 1 unspecified atom stereocenters. The molecule has 0 heteroatoms. The van der Waals surface area contributed by atoms with Gasteiger partial charge in [-0.3, -0.25) is 0 Å². The molecule has 0 radical (unpaired) electrons. The van der Waals surface area contributed by atoms with Crippen LogP contribution in [0.5, 0.6) is 0 Å². The SMILES string of the molecule is C1=CC2=C(C1)CC=C2.C1=CC2=C(C=CC2)C1.C1=CC2C=CCC2=C1.C1=CCC=C1.C1=Cc2cc3c(cc2C1)C=CC3.C1=Cc2ccccc2C1.c1c2c(cc3c1CCC3)CCC2.c1ccc2c(c1)CCC2.c1ccc2c(c1)CCCC2.c1ccc2c(c1)Cc1ccccc1-2.c1ccc2c(c1)Cc1ccccc1C2.c1ccc2ccccc2c1.c1ccccc1. The normalized spacial score (nSPS) is 16.6. The van der Waals surface area contributed by atoms with Crippen LogP contribution in [-0.2, 0) is 89.9 Å². The molecule has 0 amide bonds. The van der Waals surface area contributed by atoms with Gasteiger partial charge in [0.15, 0.2) is 0 Å². The summed E-state index contributed by atoms with van der Waals surface area (Å²) in [4.78, 5) is 0. The highest BCUT2D eigenvalue weighted by Crippen LogP contribution is 2.38. The molecule has 0 saturated carbocycles. The van der Waals surface area contributed by atoms with E-state index in [1.165, 1.54) is 221 Å². The second-order valence-corrected chi connectivity index (χ2v) is 34.3. The summed E-state index contributed by atoms with van der Waals surface area (Å²) in [5.41, 5.74) is 41.0. The van der Waals surface area contributed by atoms with Gasteiger partial charge in [-0.1, -0.05) is 430 Å². The van der Waals surface area contributed by atoms with Crippen molar-refractivity contribution in [3.63, 3.8) is 0 Å². The van der Waals surface area contributed by atoms with Crippen molar-refractivity contribution < 1.29 is 0 Å². The molecule has 0 spiro atoms. The van der Waals surface area contributed by atoms with E-state index in [0.29, 0.717) is 5.92 Å². The maximum atomic E-state index is 2.48. The highest BCUT2D eigenvalue weighted by atomic mass is 14.3. The van der Waals surface area contributed by atoms with Crippen molar-refractivity contribution in [1.29, 1.82) is 0 Å². The zero-order valence-electron chi connectivity index (χ0n) is 72.6. The Bertz CT molecular complexity index is 5650. The van der Waals surface area contributed by atoms with Crippen molar-refractivity contribution in [1.82, 2.24) is 0 Å². The lowest BCUT2D eigenvalue weighted by atomic mass is 9.86. The van der Waals surface area contributed by atoms with Crippen molar-refractivity contribution in [2.45, 2.75) is 161 Å². The number of benzene rings is 12. The quantitative estimate of drug-likeness (QED) is 0.133. The van der Waals surface area contributed by atoms with Gasteiger partial charge in [0.05, 0.1) is 0 Å². The average molecular weight is 1610 g/mol. The van der Waals surface area contributed by atoms with Gasteiger partial charge in [-0.15, -0.1) is 0 Å². The van der Waals surface area contributed by atoms with Crippen LogP contribution in [0, 0.1) is 5.92 Å². The maximum absolute atomic E-state index is 2.48. The molecule has 0 heterocycles. The van der Waals surface area contributed by atoms with Crippen LogP contribution in [0.25, 0.3) is 40.1 Å². The highest BCUT2D eigenvalue weighted by Gasteiger charge is 2.21. The molecular weight excluding hydrogens is 1490 g/mol. The lowest BCUT2D eigenvalue weighted by Gasteiger charge is -2.18. The summed E-state index contributed by atoms with van der Waals surface area (Å²) in [5.74, 6) is 0.676. The number of rotatable bonds is 0. The Morgan fingerprint density at radius 3 is 0.968 bits per heavy atom. The van der Waals surface area contributed by atoms with Crippen LogP contribution in [0.4, 0.5) is 0 Å². The zero-order chi connectivity index (χ0) is 83.8. The van der Waals surface area contributed by atoms with Crippen LogP contribution >= 0.6 is 0 Å². The summed E-state index contributed by atoms with van der Waals surface area (Å²) in [5, 5.41) is 2.62. The Kier molecular flexibility index (Phi) is 30.7. The average Bonchev–Trinajstić information content (AvgIpc) is 1.60. The van der Waals surface area contributed by atoms with Crippen LogP contribution in [0.15, 0.2) is 428 Å². The van der Waals surface area contributed by atoms with Crippen molar-refractivity contribution >= 4 is 29.0 Å². The molecule has 16 aliphatic rings. The first kappa shape index (κ1) is 84.8. The van der Waals surface area contributed by atoms with E-state index in [9.17, 15) is 0 Å². The minimum absolute atomic E-state index is 0.676. The number of allylic oxidation sites excluding steroid dienone is 25. The topological polar surface area (TPSA) is 0 Å². The molecule has 0 nitrogen and oxygen atoms in total. The minimum Gasteiger partial charge on any atom is -0.0835 e. The van der Waals surface area contributed by atoms with Crippen molar-refractivity contribution in [3.8, 4) is 11.1 Å². The van der Waals surface area contributed by atoms with Crippen molar-refractivity contribution in [2.75, 3.05) is 0 Å². The van der Waals surface area contributed by atoms with Gasteiger partial charge >= 0.3 is 0 Å². The molecule has 616 valence electrons. The van der Waals surface area contributed by atoms with Gasteiger partial charge in [0.2, 0.25) is 0 Å². The van der Waals surface area contributed by atoms with Gasteiger partial charge in [0, 0.05) is 5.92 Å². The molecule has 0 N–H and O–H groups in total. The van der Waals surface area contributed by atoms with E-state index in [1.807, 2.05) is 36.4 Å². The van der Waals surface area contributed by atoms with Crippen LogP contribution in [0.2, 0.25) is 0 Å². The van der Waals surface area contributed by atoms with Gasteiger partial charge < -0.3 is 0 Å². The lowest BCUT2D eigenvalue weighted by molar-refractivity contribution is 0.685. The predicted molar refractivity (Wildman–Crippen MR) is 533 cm³/mol. The number of hydrogen-bond donors (Lipinski definition) is 0. The van der Waals surface area contributed by atoms with Crippen molar-refractivity contribution in [3.05, 3.63) is 540 Å². The summed E-state index contributed by atoms with van der Waals surface area (Å²) in [6.45, 7) is 0. The molecule has 0 fully saturated rings. The van der Waals surface area contributed by atoms with Crippen LogP contribution in [0.1, 0.15) is 182 Å². The van der Waals surface area contributed by atoms with Gasteiger partial charge in [-0.2, -0.15) is 0 Å². The fourth-order valence-corrected chi connectivity index (χ4v) is 19.1. The third kappa shape index (κ3) is 23.7. The summed E-state index contributed by atoms with van der Waals surface area (Å²) in [7, 11) is 0. The molecule has 0 aliphatic heterocycles. The summed E-state index contributed by atoms with van der Waals surface area (Å²) >= 11 is 0. The number of aryl methyl sites for hydroxylation is 8. The molecule has 0 bridgehead atoms. The van der Waals surface area contributed by atoms with Gasteiger partial charge in [-0.05, 0) is 310 Å². The standard InChI is InChI=1S/C14H12.C13H10.C12H14.C12H10.C10H12.C10H8.C9H10.C9H8.3C8H8.C6H6.C5H6/c1-2-6-12-10-14-8-4-3-7-13(14)9-11(12)5-1;1-3-7-12-10(5-1)9-11-6-2-4-8-13(11)12;2*1-3-9-7-11-5-2-6-12(11)8-10(9)4-1;2*1-2-6-10-8-4-3-7-9(10)5-1;2*1-2-5-9-7-3-6-8(9)4-1;3*1-3-7-5-2-6-8(7)4-1;1-2-4-6-5-3-1;1-2-4-5-3-1/h1-8H,9-10H2;1-8H,9H2;7-8H,1-6H2;1-3,6-8H,4-5H2;1-2,5-6H,3-4,7-8H2;1-8H;1-2,4-5H,3,6-7H2;1-6H,7H2;1-3,6H,4-5H2;1-3,5H,4,6H2;1-5,7H,6H2;1-6H;1-4H,5H2. The van der Waals surface area contributed by atoms with E-state index in [2.05, 4.69) is 382 Å². The zero-order valence-corrected chi connectivity index (χ0v) is 72.6. The Morgan fingerprint density at radius 2 is 0.556 bits per heavy atom. The van der Waals surface area contributed by atoms with E-state index in [0.717, 1.165) is 44.9 Å². The van der Waals surface area contributed by atoms with Gasteiger partial charge in [0.25, 0.3) is 0 Å². The minimum atomic E-state index is 0.676. The molecule has 16 aliphatic carbocycles. The first-order chi connectivity index (χ1) is 61.5. The first-order valence-corrected chi connectivity index (χ1v) is 46.2. The smallest absolute Gasteiger partial charge is 0.0166 e. The van der Waals surface area contributed by atoms with Crippen LogP contribution in [0.3, 0.4) is 0 Å². The molecule has 12 aromatic rings. The van der Waals surface area contributed by atoms with E-state index >= 15 is 0 Å². The Morgan fingerprint density at radius 1 is 0.210 bits per heavy atom. The first-order valence-electron chi connectivity index (χ1n) is 46.2. The fourth-order valence-electron chi connectivity index (χ4n) is 19.1. The number of fused-ring (bicyclic) bond motifs is 14. The van der Waals surface area contributed by atoms with Gasteiger partial charge in [-0.25, -0.2) is 0 Å². The Labute approximate surface area is 741 Å². The monoisotopic (exact) mass is 1610 g/mol. The Hall–Kier alpha value is -12.7. The van der Waals surface area contributed by atoms with E-state index in [4.69, 9.17) is 0 Å². The molecule has 124 heavy (non-hydrogen) atoms. The number of hydrogen-bond acceptors (Lipinski definition) is 0. The predicted octanol–water partition coefficient (Wildman–Crippen LogP) is 31.4. The largest absolute Gasteiger partial charge is 0.0835 e. The third-order valence-electron chi connectivity index (χ3n) is 25.8. The van der Waals surface area contributed by atoms with Crippen molar-refractivity contribution in [2.24, 2.45) is 5.92 Å². The van der Waals surface area contributed by atoms with E-state index in [1.54, 1.807) is 55.7 Å². The molecule has 12 aromatic carbocycles. The fraction of sp³-hybridized carbons (Fsp3) is 0.210. The van der Waals surface area contributed by atoms with E-state index < -0.39 is 0 Å². The van der Waals surface area contributed by atoms with Gasteiger partial charge in [0.1, 0.15) is 0 Å². The molecule has 28 rings (SSSR count). The summed E-state index contributed by atoms with van der Waals surface area (Å²) in [6.07, 6.45) is 81.7.